The van der Waals surface area contributed by atoms with Gasteiger partial charge in [0.2, 0.25) is 0 Å². The summed E-state index contributed by atoms with van der Waals surface area (Å²) in [6.45, 7) is 0. The van der Waals surface area contributed by atoms with E-state index in [-0.39, 0.29) is 18.0 Å². The first-order chi connectivity index (χ1) is 12.0. The van der Waals surface area contributed by atoms with E-state index in [9.17, 15) is 9.90 Å². The minimum Gasteiger partial charge on any atom is -0.496 e. The zero-order valence-corrected chi connectivity index (χ0v) is 14.6. The SMILES string of the molecule is COc1ccccc1C(=O)N1[C@H]2CC[C@H]1CC(O)(c1nccn1C)C2. The molecule has 1 aromatic heterocycles. The third kappa shape index (κ3) is 2.52. The molecule has 0 spiro atoms. The molecule has 2 saturated heterocycles. The summed E-state index contributed by atoms with van der Waals surface area (Å²) in [7, 11) is 3.48. The number of aromatic nitrogens is 2. The summed E-state index contributed by atoms with van der Waals surface area (Å²) in [5.41, 5.74) is -0.383. The van der Waals surface area contributed by atoms with Gasteiger partial charge in [0.25, 0.3) is 5.91 Å². The molecule has 2 atom stereocenters. The van der Waals surface area contributed by atoms with Crippen LogP contribution in [0.5, 0.6) is 5.75 Å². The van der Waals surface area contributed by atoms with Crippen LogP contribution in [0.4, 0.5) is 0 Å². The first-order valence-electron chi connectivity index (χ1n) is 8.69. The number of carbonyl (C=O) groups excluding carboxylic acids is 1. The number of ether oxygens (including phenoxy) is 1. The number of rotatable bonds is 3. The van der Waals surface area contributed by atoms with Crippen molar-refractivity contribution in [1.82, 2.24) is 14.5 Å². The van der Waals surface area contributed by atoms with Crippen molar-refractivity contribution in [1.29, 1.82) is 0 Å². The topological polar surface area (TPSA) is 67.6 Å². The predicted octanol–water partition coefficient (Wildman–Crippen LogP) is 2.08. The molecule has 0 unspecified atom stereocenters. The van der Waals surface area contributed by atoms with Gasteiger partial charge in [-0.15, -0.1) is 0 Å². The van der Waals surface area contributed by atoms with Crippen LogP contribution in [0.15, 0.2) is 36.7 Å². The summed E-state index contributed by atoms with van der Waals surface area (Å²) >= 11 is 0. The monoisotopic (exact) mass is 341 g/mol. The van der Waals surface area contributed by atoms with Crippen LogP contribution in [0.25, 0.3) is 0 Å². The standard InChI is InChI=1S/C19H23N3O3/c1-21-10-9-20-18(21)19(24)11-13-7-8-14(12-19)22(13)17(23)15-5-3-4-6-16(15)25-2/h3-6,9-10,13-14,24H,7-8,11-12H2,1-2H3/t13-,14-/m0/s1. The summed E-state index contributed by atoms with van der Waals surface area (Å²) in [6, 6.07) is 7.38. The molecule has 132 valence electrons. The van der Waals surface area contributed by atoms with E-state index in [2.05, 4.69) is 4.98 Å². The molecule has 0 saturated carbocycles. The van der Waals surface area contributed by atoms with Crippen LogP contribution in [0.2, 0.25) is 0 Å². The van der Waals surface area contributed by atoms with E-state index in [1.54, 1.807) is 19.4 Å². The average Bonchev–Trinajstić information content (AvgIpc) is 3.16. The van der Waals surface area contributed by atoms with Crippen molar-refractivity contribution in [3.05, 3.63) is 48.0 Å². The molecule has 2 aromatic rings. The van der Waals surface area contributed by atoms with Gasteiger partial charge in [-0.3, -0.25) is 4.79 Å². The van der Waals surface area contributed by atoms with E-state index in [0.29, 0.717) is 30.0 Å². The maximum absolute atomic E-state index is 13.1. The highest BCUT2D eigenvalue weighted by molar-refractivity contribution is 5.97. The lowest BCUT2D eigenvalue weighted by atomic mass is 9.85. The second kappa shape index (κ2) is 5.88. The van der Waals surface area contributed by atoms with Gasteiger partial charge in [0.1, 0.15) is 17.2 Å². The van der Waals surface area contributed by atoms with Crippen molar-refractivity contribution in [3.8, 4) is 5.75 Å². The number of amides is 1. The van der Waals surface area contributed by atoms with Gasteiger partial charge in [-0.2, -0.15) is 0 Å². The summed E-state index contributed by atoms with van der Waals surface area (Å²) in [5, 5.41) is 11.2. The van der Waals surface area contributed by atoms with Crippen LogP contribution >= 0.6 is 0 Å². The minimum absolute atomic E-state index is 0.00756. The number of aliphatic hydroxyl groups is 1. The van der Waals surface area contributed by atoms with Crippen LogP contribution in [0.3, 0.4) is 0 Å². The first-order valence-corrected chi connectivity index (χ1v) is 8.69. The summed E-state index contributed by atoms with van der Waals surface area (Å²) in [5.74, 6) is 1.28. The molecule has 0 radical (unpaired) electrons. The van der Waals surface area contributed by atoms with E-state index < -0.39 is 5.60 Å². The fourth-order valence-electron chi connectivity index (χ4n) is 4.51. The zero-order valence-electron chi connectivity index (χ0n) is 14.6. The van der Waals surface area contributed by atoms with Crippen molar-refractivity contribution < 1.29 is 14.6 Å². The van der Waals surface area contributed by atoms with E-state index in [1.165, 1.54) is 0 Å². The third-order valence-electron chi connectivity index (χ3n) is 5.58. The molecule has 6 nitrogen and oxygen atoms in total. The number of para-hydroxylation sites is 1. The smallest absolute Gasteiger partial charge is 0.258 e. The second-order valence-electron chi connectivity index (χ2n) is 7.10. The van der Waals surface area contributed by atoms with Crippen LogP contribution in [-0.2, 0) is 12.6 Å². The number of piperidine rings is 1. The van der Waals surface area contributed by atoms with Gasteiger partial charge < -0.3 is 19.3 Å². The summed E-state index contributed by atoms with van der Waals surface area (Å²) in [6.07, 6.45) is 6.43. The number of carbonyl (C=O) groups is 1. The van der Waals surface area contributed by atoms with E-state index in [0.717, 1.165) is 12.8 Å². The number of benzene rings is 1. The van der Waals surface area contributed by atoms with Crippen molar-refractivity contribution in [3.63, 3.8) is 0 Å². The Labute approximate surface area is 147 Å². The van der Waals surface area contributed by atoms with E-state index >= 15 is 0 Å². The highest BCUT2D eigenvalue weighted by atomic mass is 16.5. The molecule has 4 rings (SSSR count). The Morgan fingerprint density at radius 2 is 1.96 bits per heavy atom. The molecule has 25 heavy (non-hydrogen) atoms. The Morgan fingerprint density at radius 1 is 1.28 bits per heavy atom. The number of hydrogen-bond acceptors (Lipinski definition) is 4. The first kappa shape index (κ1) is 16.1. The van der Waals surface area contributed by atoms with Crippen molar-refractivity contribution in [2.45, 2.75) is 43.4 Å². The molecule has 2 aliphatic rings. The fraction of sp³-hybridized carbons (Fsp3) is 0.474. The second-order valence-corrected chi connectivity index (χ2v) is 7.10. The van der Waals surface area contributed by atoms with E-state index in [1.807, 2.05) is 40.9 Å². The number of nitrogens with zero attached hydrogens (tertiary/aromatic N) is 3. The van der Waals surface area contributed by atoms with Crippen LogP contribution < -0.4 is 4.74 Å². The summed E-state index contributed by atoms with van der Waals surface area (Å²) < 4.78 is 7.23. The molecular formula is C19H23N3O3. The molecular weight excluding hydrogens is 318 g/mol. The Balaban J connectivity index is 1.63. The zero-order chi connectivity index (χ0) is 17.6. The van der Waals surface area contributed by atoms with Gasteiger partial charge >= 0.3 is 0 Å². The largest absolute Gasteiger partial charge is 0.496 e. The van der Waals surface area contributed by atoms with Gasteiger partial charge in [0.05, 0.1) is 12.7 Å². The predicted molar refractivity (Wildman–Crippen MR) is 92.3 cm³/mol. The lowest BCUT2D eigenvalue weighted by Crippen LogP contribution is -2.52. The number of aryl methyl sites for hydroxylation is 1. The van der Waals surface area contributed by atoms with Gasteiger partial charge in [0.15, 0.2) is 0 Å². The molecule has 1 N–H and O–H groups in total. The van der Waals surface area contributed by atoms with Crippen LogP contribution in [0, 0.1) is 0 Å². The highest BCUT2D eigenvalue weighted by Gasteiger charge is 2.51. The van der Waals surface area contributed by atoms with E-state index in [4.69, 9.17) is 4.74 Å². The lowest BCUT2D eigenvalue weighted by molar-refractivity contribution is -0.0555. The Morgan fingerprint density at radius 3 is 2.56 bits per heavy atom. The van der Waals surface area contributed by atoms with Gasteiger partial charge in [-0.1, -0.05) is 12.1 Å². The van der Waals surface area contributed by atoms with Crippen LogP contribution in [-0.4, -0.2) is 44.7 Å². The Bertz CT molecular complexity index is 787. The molecule has 3 heterocycles. The quantitative estimate of drug-likeness (QED) is 0.928. The van der Waals surface area contributed by atoms with Crippen molar-refractivity contribution in [2.75, 3.05) is 7.11 Å². The number of fused-ring (bicyclic) bond motifs is 2. The molecule has 2 bridgehead atoms. The summed E-state index contributed by atoms with van der Waals surface area (Å²) in [4.78, 5) is 19.5. The number of hydrogen-bond donors (Lipinski definition) is 1. The number of methoxy groups -OCH3 is 1. The maximum atomic E-state index is 13.1. The van der Waals surface area contributed by atoms with Crippen molar-refractivity contribution in [2.24, 2.45) is 7.05 Å². The van der Waals surface area contributed by atoms with Gasteiger partial charge in [0, 0.05) is 44.4 Å². The average molecular weight is 341 g/mol. The molecule has 6 heteroatoms. The lowest BCUT2D eigenvalue weighted by Gasteiger charge is -2.43. The molecule has 0 aliphatic carbocycles. The fourth-order valence-corrected chi connectivity index (χ4v) is 4.51. The highest BCUT2D eigenvalue weighted by Crippen LogP contribution is 2.46. The third-order valence-corrected chi connectivity index (χ3v) is 5.58. The number of imidazole rings is 1. The van der Waals surface area contributed by atoms with Gasteiger partial charge in [-0.05, 0) is 25.0 Å². The Kier molecular flexibility index (Phi) is 3.80. The maximum Gasteiger partial charge on any atom is 0.258 e. The molecule has 1 amide bonds. The molecule has 2 fully saturated rings. The normalized spacial score (nSPS) is 28.2. The van der Waals surface area contributed by atoms with Crippen molar-refractivity contribution >= 4 is 5.91 Å². The van der Waals surface area contributed by atoms with Gasteiger partial charge in [-0.25, -0.2) is 4.98 Å². The molecule has 2 aliphatic heterocycles. The minimum atomic E-state index is -0.971. The molecule has 1 aromatic carbocycles. The van der Waals surface area contributed by atoms with Crippen LogP contribution in [0.1, 0.15) is 41.9 Å². The Hall–Kier alpha value is -2.34.